The summed E-state index contributed by atoms with van der Waals surface area (Å²) in [5, 5.41) is 3.10. The first-order valence-corrected chi connectivity index (χ1v) is 2.98. The number of azide groups is 1. The number of nitrogens with zero attached hydrogens (tertiary/aromatic N) is 3. The lowest BCUT2D eigenvalue weighted by atomic mass is 10.3. The van der Waals surface area contributed by atoms with Gasteiger partial charge in [-0.05, 0) is 12.0 Å². The van der Waals surface area contributed by atoms with Crippen LogP contribution >= 0.6 is 0 Å². The van der Waals surface area contributed by atoms with Crippen LogP contribution in [0.15, 0.2) is 16.9 Å². The Kier molecular flexibility index (Phi) is 5.10. The average molecular weight is 138 g/mol. The second-order valence-corrected chi connectivity index (χ2v) is 1.67. The van der Waals surface area contributed by atoms with E-state index in [0.29, 0.717) is 0 Å². The lowest BCUT2D eigenvalue weighted by molar-refractivity contribution is 0.561. The van der Waals surface area contributed by atoms with Crippen molar-refractivity contribution in [1.29, 1.82) is 0 Å². The molecule has 0 aromatic heterocycles. The van der Waals surface area contributed by atoms with Crippen LogP contribution in [0.3, 0.4) is 0 Å². The normalized spacial score (nSPS) is 10.3. The van der Waals surface area contributed by atoms with E-state index >= 15 is 0 Å². The number of hydrogen-bond acceptors (Lipinski definition) is 2. The highest BCUT2D eigenvalue weighted by molar-refractivity contribution is 5.73. The molecule has 0 N–H and O–H groups in total. The summed E-state index contributed by atoms with van der Waals surface area (Å²) < 4.78 is 0. The standard InChI is InChI=1S/C6H8N3O/c1-2-3-4-6(5-10)8-9-7/h4H,2-3H2,1H3/b6-4-. The predicted molar refractivity (Wildman–Crippen MR) is 37.8 cm³/mol. The zero-order chi connectivity index (χ0) is 7.82. The third-order valence-electron chi connectivity index (χ3n) is 0.883. The third kappa shape index (κ3) is 3.69. The molecule has 4 heteroatoms. The van der Waals surface area contributed by atoms with Crippen LogP contribution in [0.5, 0.6) is 0 Å². The van der Waals surface area contributed by atoms with E-state index < -0.39 is 0 Å². The summed E-state index contributed by atoms with van der Waals surface area (Å²) in [6.45, 7) is 1.97. The Morgan fingerprint density at radius 3 is 3.00 bits per heavy atom. The van der Waals surface area contributed by atoms with Crippen molar-refractivity contribution in [2.45, 2.75) is 19.8 Å². The van der Waals surface area contributed by atoms with E-state index in [1.165, 1.54) is 6.29 Å². The van der Waals surface area contributed by atoms with E-state index in [1.54, 1.807) is 6.08 Å². The molecule has 0 fully saturated rings. The minimum absolute atomic E-state index is 0.0457. The molecule has 0 spiro atoms. The zero-order valence-corrected chi connectivity index (χ0v) is 5.74. The molecule has 0 aromatic rings. The Morgan fingerprint density at radius 2 is 2.60 bits per heavy atom. The fourth-order valence-corrected chi connectivity index (χ4v) is 0.432. The van der Waals surface area contributed by atoms with Gasteiger partial charge < -0.3 is 0 Å². The first-order chi connectivity index (χ1) is 4.85. The molecule has 0 unspecified atom stereocenters. The van der Waals surface area contributed by atoms with Crippen molar-refractivity contribution < 1.29 is 4.79 Å². The van der Waals surface area contributed by atoms with Gasteiger partial charge in [-0.25, -0.2) is 0 Å². The molecule has 53 valence electrons. The van der Waals surface area contributed by atoms with Gasteiger partial charge in [0.25, 0.3) is 0 Å². The molecular weight excluding hydrogens is 130 g/mol. The fourth-order valence-electron chi connectivity index (χ4n) is 0.432. The highest BCUT2D eigenvalue weighted by Crippen LogP contribution is 1.97. The van der Waals surface area contributed by atoms with Gasteiger partial charge >= 0.3 is 0 Å². The number of allylic oxidation sites excluding steroid dienone is 2. The first kappa shape index (κ1) is 8.72. The predicted octanol–water partition coefficient (Wildman–Crippen LogP) is 2.09. The highest BCUT2D eigenvalue weighted by atomic mass is 16.1. The molecule has 0 aliphatic rings. The maximum absolute atomic E-state index is 9.94. The van der Waals surface area contributed by atoms with Gasteiger partial charge in [-0.3, -0.25) is 4.79 Å². The first-order valence-electron chi connectivity index (χ1n) is 2.98. The summed E-state index contributed by atoms with van der Waals surface area (Å²) >= 11 is 0. The van der Waals surface area contributed by atoms with Gasteiger partial charge in [-0.2, -0.15) is 0 Å². The largest absolute Gasteiger partial charge is 0.285 e. The van der Waals surface area contributed by atoms with Crippen molar-refractivity contribution in [1.82, 2.24) is 0 Å². The van der Waals surface area contributed by atoms with Gasteiger partial charge in [-0.15, -0.1) is 0 Å². The molecule has 0 bridgehead atoms. The van der Waals surface area contributed by atoms with Crippen LogP contribution in [-0.4, -0.2) is 6.29 Å². The zero-order valence-electron chi connectivity index (χ0n) is 5.74. The molecule has 0 amide bonds. The lowest BCUT2D eigenvalue weighted by Gasteiger charge is -1.84. The van der Waals surface area contributed by atoms with Crippen molar-refractivity contribution in [3.8, 4) is 0 Å². The van der Waals surface area contributed by atoms with Gasteiger partial charge in [0.05, 0.1) is 5.70 Å². The summed E-state index contributed by atoms with van der Waals surface area (Å²) in [5.74, 6) is 0. The Bertz CT molecular complexity index is 179. The number of rotatable bonds is 4. The van der Waals surface area contributed by atoms with E-state index in [0.717, 1.165) is 12.8 Å². The van der Waals surface area contributed by atoms with Crippen molar-refractivity contribution >= 4 is 6.29 Å². The quantitative estimate of drug-likeness (QED) is 0.254. The average Bonchev–Trinajstić information content (AvgIpc) is 1.98. The van der Waals surface area contributed by atoms with Crippen molar-refractivity contribution in [3.05, 3.63) is 22.2 Å². The Labute approximate surface area is 59.2 Å². The Balaban J connectivity index is 4.03. The molecule has 0 rings (SSSR count). The van der Waals surface area contributed by atoms with E-state index in [9.17, 15) is 4.79 Å². The Morgan fingerprint density at radius 1 is 1.90 bits per heavy atom. The van der Waals surface area contributed by atoms with E-state index in [4.69, 9.17) is 5.53 Å². The van der Waals surface area contributed by atoms with Gasteiger partial charge in [0.1, 0.15) is 0 Å². The highest BCUT2D eigenvalue weighted by Gasteiger charge is 1.87. The van der Waals surface area contributed by atoms with E-state index in [-0.39, 0.29) is 5.70 Å². The molecule has 10 heavy (non-hydrogen) atoms. The van der Waals surface area contributed by atoms with Gasteiger partial charge in [0.15, 0.2) is 0 Å². The molecule has 0 saturated heterocycles. The molecule has 0 aliphatic heterocycles. The molecule has 0 heterocycles. The fraction of sp³-hybridized carbons (Fsp3) is 0.500. The Hall–Kier alpha value is -1.28. The van der Waals surface area contributed by atoms with E-state index in [2.05, 4.69) is 10.0 Å². The van der Waals surface area contributed by atoms with Crippen LogP contribution < -0.4 is 0 Å². The maximum atomic E-state index is 9.94. The molecule has 4 nitrogen and oxygen atoms in total. The van der Waals surface area contributed by atoms with Crippen molar-refractivity contribution in [2.75, 3.05) is 0 Å². The molecule has 0 saturated carbocycles. The van der Waals surface area contributed by atoms with Crippen molar-refractivity contribution in [3.63, 3.8) is 0 Å². The molecule has 0 aliphatic carbocycles. The van der Waals surface area contributed by atoms with Crippen LogP contribution in [0.1, 0.15) is 19.8 Å². The van der Waals surface area contributed by atoms with Gasteiger partial charge in [-0.1, -0.05) is 24.5 Å². The lowest BCUT2D eigenvalue weighted by Crippen LogP contribution is -1.76. The second-order valence-electron chi connectivity index (χ2n) is 1.67. The molecule has 0 atom stereocenters. The minimum atomic E-state index is 0.0457. The second kappa shape index (κ2) is 5.85. The summed E-state index contributed by atoms with van der Waals surface area (Å²) in [6.07, 6.45) is 4.75. The van der Waals surface area contributed by atoms with Crippen LogP contribution in [0.4, 0.5) is 0 Å². The smallest absolute Gasteiger partial charge is 0.235 e. The summed E-state index contributed by atoms with van der Waals surface area (Å²) in [5.41, 5.74) is 7.95. The monoisotopic (exact) mass is 138 g/mol. The SMILES string of the molecule is CCC/C=C(/[C]=O)N=[N+]=[N-]. The van der Waals surface area contributed by atoms with E-state index in [1.807, 2.05) is 6.92 Å². The van der Waals surface area contributed by atoms with Gasteiger partial charge in [0.2, 0.25) is 6.29 Å². The molecular formula is C6H8N3O. The summed E-state index contributed by atoms with van der Waals surface area (Å²) in [7, 11) is 0. The van der Waals surface area contributed by atoms with Crippen LogP contribution in [-0.2, 0) is 4.79 Å². The maximum Gasteiger partial charge on any atom is 0.235 e. The van der Waals surface area contributed by atoms with Crippen molar-refractivity contribution in [2.24, 2.45) is 5.11 Å². The summed E-state index contributed by atoms with van der Waals surface area (Å²) in [6, 6.07) is 0. The number of carbonyl (C=O) groups excluding carboxylic acids is 1. The molecule has 0 aromatic carbocycles. The summed E-state index contributed by atoms with van der Waals surface area (Å²) in [4.78, 5) is 12.4. The minimum Gasteiger partial charge on any atom is -0.285 e. The molecule has 1 radical (unpaired) electrons. The van der Waals surface area contributed by atoms with Gasteiger partial charge in [0, 0.05) is 4.91 Å². The number of unbranched alkanes of at least 4 members (excludes halogenated alkanes) is 1. The van der Waals surface area contributed by atoms with Crippen LogP contribution in [0, 0.1) is 0 Å². The number of hydrogen-bond donors (Lipinski definition) is 0. The van der Waals surface area contributed by atoms with Crippen LogP contribution in [0.25, 0.3) is 10.4 Å². The topological polar surface area (TPSA) is 65.8 Å². The third-order valence-corrected chi connectivity index (χ3v) is 0.883. The van der Waals surface area contributed by atoms with Crippen LogP contribution in [0.2, 0.25) is 0 Å².